The van der Waals surface area contributed by atoms with Crippen molar-refractivity contribution >= 4 is 6.08 Å². The first-order valence-corrected chi connectivity index (χ1v) is 5.10. The Morgan fingerprint density at radius 1 is 1.29 bits per heavy atom. The third kappa shape index (κ3) is 1.98. The van der Waals surface area contributed by atoms with E-state index in [1.54, 1.807) is 0 Å². The van der Waals surface area contributed by atoms with Crippen LogP contribution in [-0.2, 0) is 0 Å². The molecule has 14 heavy (non-hydrogen) atoms. The van der Waals surface area contributed by atoms with Crippen molar-refractivity contribution in [2.75, 3.05) is 6.61 Å². The summed E-state index contributed by atoms with van der Waals surface area (Å²) in [6, 6.07) is 8.17. The molecule has 1 aromatic carbocycles. The smallest absolute Gasteiger partial charge is 0.127 e. The Hall–Kier alpha value is -1.24. The van der Waals surface area contributed by atoms with Gasteiger partial charge in [-0.1, -0.05) is 31.5 Å². The van der Waals surface area contributed by atoms with Gasteiger partial charge in [0.2, 0.25) is 0 Å². The summed E-state index contributed by atoms with van der Waals surface area (Å²) in [4.78, 5) is 0. The van der Waals surface area contributed by atoms with Crippen molar-refractivity contribution in [3.05, 3.63) is 42.3 Å². The molecule has 0 saturated carbocycles. The summed E-state index contributed by atoms with van der Waals surface area (Å²) in [6.45, 7) is 4.59. The standard InChI is InChI=1S/C13H15O/c1-2-3-6-11-9-12-7-4-5-8-13(12)14-10-11/h4-5,7-9H,1-3,6,10H2. The van der Waals surface area contributed by atoms with Gasteiger partial charge in [-0.3, -0.25) is 0 Å². The van der Waals surface area contributed by atoms with Gasteiger partial charge in [-0.05, 0) is 30.6 Å². The van der Waals surface area contributed by atoms with Crippen LogP contribution in [0.1, 0.15) is 24.8 Å². The summed E-state index contributed by atoms with van der Waals surface area (Å²) < 4.78 is 5.64. The van der Waals surface area contributed by atoms with Crippen LogP contribution in [0.3, 0.4) is 0 Å². The number of fused-ring (bicyclic) bond motifs is 1. The van der Waals surface area contributed by atoms with Gasteiger partial charge in [0.1, 0.15) is 12.4 Å². The van der Waals surface area contributed by atoms with E-state index in [9.17, 15) is 0 Å². The topological polar surface area (TPSA) is 9.23 Å². The van der Waals surface area contributed by atoms with Gasteiger partial charge in [-0.15, -0.1) is 0 Å². The molecule has 0 aromatic heterocycles. The lowest BCUT2D eigenvalue weighted by atomic mass is 10.0. The first-order chi connectivity index (χ1) is 6.90. The number of para-hydroxylation sites is 1. The van der Waals surface area contributed by atoms with Crippen LogP contribution in [0.25, 0.3) is 6.08 Å². The molecule has 0 amide bonds. The summed E-state index contributed by atoms with van der Waals surface area (Å²) in [6.07, 6.45) is 5.50. The van der Waals surface area contributed by atoms with Gasteiger partial charge in [0.25, 0.3) is 0 Å². The maximum absolute atomic E-state index is 5.64. The van der Waals surface area contributed by atoms with Crippen LogP contribution in [0, 0.1) is 6.92 Å². The summed E-state index contributed by atoms with van der Waals surface area (Å²) in [7, 11) is 0. The predicted molar refractivity (Wildman–Crippen MR) is 59.1 cm³/mol. The van der Waals surface area contributed by atoms with Crippen molar-refractivity contribution in [1.29, 1.82) is 0 Å². The number of hydrogen-bond acceptors (Lipinski definition) is 1. The number of benzene rings is 1. The van der Waals surface area contributed by atoms with Gasteiger partial charge >= 0.3 is 0 Å². The van der Waals surface area contributed by atoms with Crippen molar-refractivity contribution < 1.29 is 4.74 Å². The number of ether oxygens (including phenoxy) is 1. The Balaban J connectivity index is 2.14. The van der Waals surface area contributed by atoms with Crippen LogP contribution in [0.2, 0.25) is 0 Å². The first kappa shape index (κ1) is 9.32. The molecule has 1 aromatic rings. The van der Waals surface area contributed by atoms with Crippen LogP contribution in [0.15, 0.2) is 29.8 Å². The second kappa shape index (κ2) is 4.32. The van der Waals surface area contributed by atoms with E-state index < -0.39 is 0 Å². The van der Waals surface area contributed by atoms with E-state index in [0.29, 0.717) is 0 Å². The van der Waals surface area contributed by atoms with E-state index >= 15 is 0 Å². The second-order valence-electron chi connectivity index (χ2n) is 3.59. The molecule has 0 spiro atoms. The third-order valence-electron chi connectivity index (χ3n) is 2.44. The molecule has 2 rings (SSSR count). The lowest BCUT2D eigenvalue weighted by molar-refractivity contribution is 0.342. The Labute approximate surface area is 85.4 Å². The minimum atomic E-state index is 0.747. The number of rotatable bonds is 3. The monoisotopic (exact) mass is 187 g/mol. The van der Waals surface area contributed by atoms with Crippen molar-refractivity contribution in [1.82, 2.24) is 0 Å². The van der Waals surface area contributed by atoms with Gasteiger partial charge in [-0.25, -0.2) is 0 Å². The van der Waals surface area contributed by atoms with Crippen molar-refractivity contribution in [2.45, 2.75) is 19.3 Å². The second-order valence-corrected chi connectivity index (χ2v) is 3.59. The summed E-state index contributed by atoms with van der Waals surface area (Å²) in [5.41, 5.74) is 2.59. The molecule has 73 valence electrons. The molecule has 1 heteroatoms. The normalized spacial score (nSPS) is 14.2. The molecule has 1 aliphatic rings. The van der Waals surface area contributed by atoms with E-state index in [2.05, 4.69) is 19.1 Å². The summed E-state index contributed by atoms with van der Waals surface area (Å²) in [5.74, 6) is 1.01. The molecule has 0 saturated heterocycles. The van der Waals surface area contributed by atoms with Crippen LogP contribution in [-0.4, -0.2) is 6.61 Å². The zero-order valence-corrected chi connectivity index (χ0v) is 8.33. The highest BCUT2D eigenvalue weighted by Crippen LogP contribution is 2.27. The fourth-order valence-electron chi connectivity index (χ4n) is 1.66. The maximum atomic E-state index is 5.64. The van der Waals surface area contributed by atoms with Crippen LogP contribution >= 0.6 is 0 Å². The van der Waals surface area contributed by atoms with Gasteiger partial charge in [0, 0.05) is 5.56 Å². The highest BCUT2D eigenvalue weighted by Gasteiger charge is 2.09. The Morgan fingerprint density at radius 3 is 3.00 bits per heavy atom. The highest BCUT2D eigenvalue weighted by atomic mass is 16.5. The van der Waals surface area contributed by atoms with E-state index in [0.717, 1.165) is 31.6 Å². The largest absolute Gasteiger partial charge is 0.489 e. The Morgan fingerprint density at radius 2 is 2.14 bits per heavy atom. The summed E-state index contributed by atoms with van der Waals surface area (Å²) >= 11 is 0. The van der Waals surface area contributed by atoms with Crippen molar-refractivity contribution in [3.8, 4) is 5.75 Å². The number of unbranched alkanes of at least 4 members (excludes halogenated alkanes) is 1. The van der Waals surface area contributed by atoms with Crippen LogP contribution in [0.4, 0.5) is 0 Å². The van der Waals surface area contributed by atoms with Crippen molar-refractivity contribution in [2.24, 2.45) is 0 Å². The molecule has 0 bridgehead atoms. The minimum absolute atomic E-state index is 0.747. The molecule has 0 aliphatic carbocycles. The lowest BCUT2D eigenvalue weighted by Crippen LogP contribution is -2.06. The fraction of sp³-hybridized carbons (Fsp3) is 0.308. The van der Waals surface area contributed by atoms with Gasteiger partial charge in [-0.2, -0.15) is 0 Å². The minimum Gasteiger partial charge on any atom is -0.489 e. The van der Waals surface area contributed by atoms with Crippen LogP contribution < -0.4 is 4.74 Å². The average molecular weight is 187 g/mol. The Bertz CT molecular complexity index is 339. The fourth-order valence-corrected chi connectivity index (χ4v) is 1.66. The van der Waals surface area contributed by atoms with E-state index in [-0.39, 0.29) is 0 Å². The quantitative estimate of drug-likeness (QED) is 0.704. The van der Waals surface area contributed by atoms with Crippen molar-refractivity contribution in [3.63, 3.8) is 0 Å². The van der Waals surface area contributed by atoms with Gasteiger partial charge in [0.15, 0.2) is 0 Å². The summed E-state index contributed by atoms with van der Waals surface area (Å²) in [5, 5.41) is 0. The zero-order valence-electron chi connectivity index (χ0n) is 8.33. The molecule has 0 unspecified atom stereocenters. The van der Waals surface area contributed by atoms with Gasteiger partial charge < -0.3 is 4.74 Å². The Kier molecular flexibility index (Phi) is 2.87. The van der Waals surface area contributed by atoms with E-state index in [1.807, 2.05) is 18.2 Å². The molecule has 0 fully saturated rings. The molecule has 1 nitrogen and oxygen atoms in total. The molecule has 0 atom stereocenters. The molecule has 1 radical (unpaired) electrons. The number of hydrogen-bond donors (Lipinski definition) is 0. The molecule has 1 heterocycles. The van der Waals surface area contributed by atoms with Crippen LogP contribution in [0.5, 0.6) is 5.75 Å². The van der Waals surface area contributed by atoms with E-state index in [1.165, 1.54) is 11.1 Å². The first-order valence-electron chi connectivity index (χ1n) is 5.10. The van der Waals surface area contributed by atoms with E-state index in [4.69, 9.17) is 4.74 Å². The predicted octanol–water partition coefficient (Wildman–Crippen LogP) is 3.47. The molecular weight excluding hydrogens is 172 g/mol. The molecule has 1 aliphatic heterocycles. The molecule has 0 N–H and O–H groups in total. The lowest BCUT2D eigenvalue weighted by Gasteiger charge is -2.17. The highest BCUT2D eigenvalue weighted by molar-refractivity contribution is 5.61. The molecular formula is C13H15O. The SMILES string of the molecule is [CH2]CCCC1=Cc2ccccc2OC1. The average Bonchev–Trinajstić information content (AvgIpc) is 2.26. The van der Waals surface area contributed by atoms with Gasteiger partial charge in [0.05, 0.1) is 0 Å². The zero-order chi connectivity index (χ0) is 9.80. The maximum Gasteiger partial charge on any atom is 0.127 e. The third-order valence-corrected chi connectivity index (χ3v) is 2.44.